The van der Waals surface area contributed by atoms with E-state index in [0.717, 1.165) is 17.7 Å². The Morgan fingerprint density at radius 2 is 1.81 bits per heavy atom. The zero-order chi connectivity index (χ0) is 15.4. The molecule has 0 aliphatic carbocycles. The lowest BCUT2D eigenvalue weighted by atomic mass is 10.0. The summed E-state index contributed by atoms with van der Waals surface area (Å²) in [5, 5.41) is 11.7. The van der Waals surface area contributed by atoms with Gasteiger partial charge in [-0.2, -0.15) is 0 Å². The molecule has 4 heteroatoms. The number of hydrogen-bond donors (Lipinski definition) is 2. The second-order valence-electron chi connectivity index (χ2n) is 5.32. The van der Waals surface area contributed by atoms with Crippen LogP contribution in [-0.2, 0) is 6.54 Å². The van der Waals surface area contributed by atoms with E-state index < -0.39 is 0 Å². The number of oxime groups is 1. The van der Waals surface area contributed by atoms with Gasteiger partial charge in [0.15, 0.2) is 5.84 Å². The fourth-order valence-corrected chi connectivity index (χ4v) is 2.24. The van der Waals surface area contributed by atoms with Gasteiger partial charge in [-0.25, -0.2) is 0 Å². The minimum absolute atomic E-state index is 0.136. The number of amidine groups is 1. The first-order valence-electron chi connectivity index (χ1n) is 6.86. The number of aryl methyl sites for hydroxylation is 2. The fourth-order valence-electron chi connectivity index (χ4n) is 2.24. The maximum absolute atomic E-state index is 8.72. The molecule has 2 aromatic carbocycles. The van der Waals surface area contributed by atoms with Crippen LogP contribution >= 0.6 is 0 Å². The van der Waals surface area contributed by atoms with E-state index in [1.165, 1.54) is 16.8 Å². The second kappa shape index (κ2) is 6.31. The zero-order valence-electron chi connectivity index (χ0n) is 12.7. The van der Waals surface area contributed by atoms with Crippen molar-refractivity contribution in [3.8, 4) is 0 Å². The van der Waals surface area contributed by atoms with Gasteiger partial charge in [0.05, 0.1) is 0 Å². The Labute approximate surface area is 125 Å². The Morgan fingerprint density at radius 1 is 1.14 bits per heavy atom. The summed E-state index contributed by atoms with van der Waals surface area (Å²) >= 11 is 0. The van der Waals surface area contributed by atoms with Crippen LogP contribution in [-0.4, -0.2) is 18.1 Å². The number of rotatable bonds is 4. The summed E-state index contributed by atoms with van der Waals surface area (Å²) in [6.45, 7) is 4.93. The maximum atomic E-state index is 8.72. The average molecular weight is 283 g/mol. The predicted molar refractivity (Wildman–Crippen MR) is 87.0 cm³/mol. The van der Waals surface area contributed by atoms with Crippen molar-refractivity contribution in [2.75, 3.05) is 11.9 Å². The van der Waals surface area contributed by atoms with Gasteiger partial charge in [-0.3, -0.25) is 0 Å². The molecule has 0 spiro atoms. The molecular weight excluding hydrogens is 262 g/mol. The van der Waals surface area contributed by atoms with E-state index in [1.54, 1.807) is 0 Å². The van der Waals surface area contributed by atoms with E-state index in [9.17, 15) is 0 Å². The van der Waals surface area contributed by atoms with Crippen LogP contribution in [0.4, 0.5) is 5.69 Å². The fraction of sp³-hybridized carbons (Fsp3) is 0.235. The zero-order valence-corrected chi connectivity index (χ0v) is 12.7. The minimum Gasteiger partial charge on any atom is -0.409 e. The lowest BCUT2D eigenvalue weighted by Gasteiger charge is -2.21. The first kappa shape index (κ1) is 14.9. The highest BCUT2D eigenvalue weighted by molar-refractivity contribution is 5.97. The number of hydrogen-bond acceptors (Lipinski definition) is 3. The Morgan fingerprint density at radius 3 is 2.38 bits per heavy atom. The van der Waals surface area contributed by atoms with E-state index in [2.05, 4.69) is 48.3 Å². The van der Waals surface area contributed by atoms with Crippen molar-refractivity contribution < 1.29 is 5.21 Å². The molecule has 0 bridgehead atoms. The molecule has 0 aliphatic rings. The first-order valence-corrected chi connectivity index (χ1v) is 6.86. The summed E-state index contributed by atoms with van der Waals surface area (Å²) in [5.74, 6) is 0.136. The quantitative estimate of drug-likeness (QED) is 0.392. The van der Waals surface area contributed by atoms with Crippen LogP contribution in [0.25, 0.3) is 0 Å². The van der Waals surface area contributed by atoms with Gasteiger partial charge in [-0.15, -0.1) is 0 Å². The van der Waals surface area contributed by atoms with Crippen molar-refractivity contribution in [2.24, 2.45) is 10.9 Å². The number of nitrogens with zero attached hydrogens (tertiary/aromatic N) is 2. The van der Waals surface area contributed by atoms with Gasteiger partial charge in [-0.1, -0.05) is 35.0 Å². The molecule has 0 aliphatic heterocycles. The molecule has 0 unspecified atom stereocenters. The summed E-state index contributed by atoms with van der Waals surface area (Å²) in [6.07, 6.45) is 0. The SMILES string of the molecule is Cc1ccc(N(C)Cc2ccc(/C(N)=N/O)cc2C)cc1. The molecule has 4 nitrogen and oxygen atoms in total. The Bertz CT molecular complexity index is 648. The standard InChI is InChI=1S/C17H21N3O/c1-12-4-8-16(9-5-12)20(3)11-15-7-6-14(10-13(15)2)17(18)19-21/h4-10,21H,11H2,1-3H3,(H2,18,19). The van der Waals surface area contributed by atoms with Crippen LogP contribution in [0, 0.1) is 13.8 Å². The van der Waals surface area contributed by atoms with Crippen LogP contribution < -0.4 is 10.6 Å². The van der Waals surface area contributed by atoms with E-state index >= 15 is 0 Å². The van der Waals surface area contributed by atoms with E-state index in [0.29, 0.717) is 0 Å². The van der Waals surface area contributed by atoms with Crippen LogP contribution in [0.5, 0.6) is 0 Å². The molecule has 0 atom stereocenters. The molecular formula is C17H21N3O. The summed E-state index contributed by atoms with van der Waals surface area (Å²) < 4.78 is 0. The topological polar surface area (TPSA) is 61.8 Å². The van der Waals surface area contributed by atoms with Gasteiger partial charge < -0.3 is 15.8 Å². The normalized spacial score (nSPS) is 11.5. The van der Waals surface area contributed by atoms with Crippen LogP contribution in [0.3, 0.4) is 0 Å². The highest BCUT2D eigenvalue weighted by Gasteiger charge is 2.07. The average Bonchev–Trinajstić information content (AvgIpc) is 2.49. The second-order valence-corrected chi connectivity index (χ2v) is 5.32. The minimum atomic E-state index is 0.136. The molecule has 0 saturated carbocycles. The van der Waals surface area contributed by atoms with E-state index in [4.69, 9.17) is 10.9 Å². The molecule has 110 valence electrons. The lowest BCUT2D eigenvalue weighted by Crippen LogP contribution is -2.18. The number of anilines is 1. The number of nitrogens with two attached hydrogens (primary N) is 1. The monoisotopic (exact) mass is 283 g/mol. The van der Waals surface area contributed by atoms with E-state index in [-0.39, 0.29) is 5.84 Å². The molecule has 0 fully saturated rings. The van der Waals surface area contributed by atoms with Gasteiger partial charge in [0, 0.05) is 24.8 Å². The van der Waals surface area contributed by atoms with Gasteiger partial charge in [0.2, 0.25) is 0 Å². The Hall–Kier alpha value is -2.49. The highest BCUT2D eigenvalue weighted by atomic mass is 16.4. The molecule has 2 aromatic rings. The van der Waals surface area contributed by atoms with Gasteiger partial charge in [0.1, 0.15) is 0 Å². The molecule has 0 saturated heterocycles. The highest BCUT2D eigenvalue weighted by Crippen LogP contribution is 2.19. The van der Waals surface area contributed by atoms with Crippen molar-refractivity contribution in [1.29, 1.82) is 0 Å². The van der Waals surface area contributed by atoms with Gasteiger partial charge in [0.25, 0.3) is 0 Å². The smallest absolute Gasteiger partial charge is 0.170 e. The van der Waals surface area contributed by atoms with Crippen molar-refractivity contribution in [3.63, 3.8) is 0 Å². The Kier molecular flexibility index (Phi) is 4.48. The van der Waals surface area contributed by atoms with Gasteiger partial charge >= 0.3 is 0 Å². The first-order chi connectivity index (χ1) is 10.0. The van der Waals surface area contributed by atoms with Gasteiger partial charge in [-0.05, 0) is 43.2 Å². The van der Waals surface area contributed by atoms with Crippen molar-refractivity contribution >= 4 is 11.5 Å². The van der Waals surface area contributed by atoms with Crippen LogP contribution in [0.1, 0.15) is 22.3 Å². The molecule has 0 radical (unpaired) electrons. The summed E-state index contributed by atoms with van der Waals surface area (Å²) in [4.78, 5) is 2.20. The number of benzene rings is 2. The Balaban J connectivity index is 2.18. The van der Waals surface area contributed by atoms with Crippen molar-refractivity contribution in [3.05, 3.63) is 64.7 Å². The largest absolute Gasteiger partial charge is 0.409 e. The third kappa shape index (κ3) is 3.54. The molecule has 3 N–H and O–H groups in total. The summed E-state index contributed by atoms with van der Waals surface area (Å²) in [6, 6.07) is 14.3. The summed E-state index contributed by atoms with van der Waals surface area (Å²) in [5.41, 5.74) is 11.1. The van der Waals surface area contributed by atoms with Crippen molar-refractivity contribution in [1.82, 2.24) is 0 Å². The summed E-state index contributed by atoms with van der Waals surface area (Å²) in [7, 11) is 2.07. The molecule has 0 amide bonds. The van der Waals surface area contributed by atoms with Crippen molar-refractivity contribution in [2.45, 2.75) is 20.4 Å². The molecule has 2 rings (SSSR count). The molecule has 21 heavy (non-hydrogen) atoms. The third-order valence-electron chi connectivity index (χ3n) is 3.63. The maximum Gasteiger partial charge on any atom is 0.170 e. The predicted octanol–water partition coefficient (Wildman–Crippen LogP) is 3.03. The van der Waals surface area contributed by atoms with Crippen LogP contribution in [0.15, 0.2) is 47.6 Å². The third-order valence-corrected chi connectivity index (χ3v) is 3.63. The van der Waals surface area contributed by atoms with E-state index in [1.807, 2.05) is 25.1 Å². The molecule has 0 aromatic heterocycles. The molecule has 0 heterocycles. The lowest BCUT2D eigenvalue weighted by molar-refractivity contribution is 0.318. The van der Waals surface area contributed by atoms with Crippen LogP contribution in [0.2, 0.25) is 0 Å².